The Morgan fingerprint density at radius 3 is 2.81 bits per heavy atom. The highest BCUT2D eigenvalue weighted by Gasteiger charge is 2.13. The fraction of sp³-hybridized carbons (Fsp3) is 0.684. The van der Waals surface area contributed by atoms with E-state index >= 15 is 0 Å². The number of pyridine rings is 1. The van der Waals surface area contributed by atoms with E-state index in [9.17, 15) is 0 Å². The summed E-state index contributed by atoms with van der Waals surface area (Å²) in [6, 6.07) is 3.88. The van der Waals surface area contributed by atoms with Gasteiger partial charge in [-0.25, -0.2) is 9.98 Å². The second-order valence-electron chi connectivity index (χ2n) is 6.28. The fourth-order valence-electron chi connectivity index (χ4n) is 2.99. The lowest BCUT2D eigenvalue weighted by molar-refractivity contribution is 0.0277. The van der Waals surface area contributed by atoms with Gasteiger partial charge in [-0.1, -0.05) is 25.3 Å². The van der Waals surface area contributed by atoms with Crippen LogP contribution < -0.4 is 15.4 Å². The normalized spacial score (nSPS) is 15.2. The van der Waals surface area contributed by atoms with E-state index in [0.717, 1.165) is 37.6 Å². The lowest BCUT2D eigenvalue weighted by Gasteiger charge is -2.22. The number of rotatable bonds is 9. The number of nitrogens with one attached hydrogen (secondary N) is 2. The monoisotopic (exact) mass is 476 g/mol. The van der Waals surface area contributed by atoms with Crippen LogP contribution in [0.5, 0.6) is 5.88 Å². The molecule has 26 heavy (non-hydrogen) atoms. The molecule has 1 fully saturated rings. The number of aromatic nitrogens is 1. The first-order valence-electron chi connectivity index (χ1n) is 9.45. The summed E-state index contributed by atoms with van der Waals surface area (Å²) in [6.07, 6.45) is 9.64. The van der Waals surface area contributed by atoms with Crippen LogP contribution >= 0.6 is 24.0 Å². The molecule has 6 nitrogen and oxygen atoms in total. The maximum Gasteiger partial charge on any atom is 0.218 e. The number of halogens is 1. The van der Waals surface area contributed by atoms with Gasteiger partial charge in [-0.2, -0.15) is 0 Å². The number of guanidine groups is 1. The summed E-state index contributed by atoms with van der Waals surface area (Å²) in [5, 5.41) is 6.63. The van der Waals surface area contributed by atoms with Crippen molar-refractivity contribution in [3.8, 4) is 5.88 Å². The summed E-state index contributed by atoms with van der Waals surface area (Å²) in [4.78, 5) is 8.82. The fourth-order valence-corrected chi connectivity index (χ4v) is 2.99. The van der Waals surface area contributed by atoms with Crippen molar-refractivity contribution in [2.75, 3.05) is 26.8 Å². The zero-order chi connectivity index (χ0) is 17.7. The Bertz CT molecular complexity index is 522. The van der Waals surface area contributed by atoms with Crippen molar-refractivity contribution in [1.82, 2.24) is 15.6 Å². The molecule has 1 aliphatic rings. The van der Waals surface area contributed by atoms with E-state index in [1.165, 1.54) is 32.1 Å². The van der Waals surface area contributed by atoms with Gasteiger partial charge < -0.3 is 20.1 Å². The second-order valence-corrected chi connectivity index (χ2v) is 6.28. The van der Waals surface area contributed by atoms with Crippen LogP contribution in [0.4, 0.5) is 0 Å². The first-order valence-corrected chi connectivity index (χ1v) is 9.45. The van der Waals surface area contributed by atoms with Crippen molar-refractivity contribution < 1.29 is 9.47 Å². The van der Waals surface area contributed by atoms with Gasteiger partial charge in [-0.15, -0.1) is 24.0 Å². The van der Waals surface area contributed by atoms with Crippen LogP contribution in [0, 0.1) is 0 Å². The molecule has 0 amide bonds. The number of nitrogens with zero attached hydrogens (tertiary/aromatic N) is 2. The van der Waals surface area contributed by atoms with Gasteiger partial charge in [-0.05, 0) is 32.3 Å². The Morgan fingerprint density at radius 2 is 2.08 bits per heavy atom. The molecule has 1 saturated carbocycles. The van der Waals surface area contributed by atoms with Crippen molar-refractivity contribution in [1.29, 1.82) is 0 Å². The van der Waals surface area contributed by atoms with Crippen molar-refractivity contribution in [3.63, 3.8) is 0 Å². The van der Waals surface area contributed by atoms with Gasteiger partial charge in [0.1, 0.15) is 0 Å². The molecule has 1 aromatic rings. The number of aliphatic imine (C=N–C) groups is 1. The van der Waals surface area contributed by atoms with Crippen molar-refractivity contribution in [2.24, 2.45) is 4.99 Å². The van der Waals surface area contributed by atoms with E-state index in [2.05, 4.69) is 27.5 Å². The molecule has 1 aromatic heterocycles. The average Bonchev–Trinajstić information content (AvgIpc) is 2.66. The molecule has 1 heterocycles. The molecule has 148 valence electrons. The van der Waals surface area contributed by atoms with E-state index < -0.39 is 0 Å². The highest BCUT2D eigenvalue weighted by molar-refractivity contribution is 14.0. The van der Waals surface area contributed by atoms with Crippen LogP contribution in [0.25, 0.3) is 0 Å². The van der Waals surface area contributed by atoms with Crippen molar-refractivity contribution in [3.05, 3.63) is 23.9 Å². The Labute approximate surface area is 174 Å². The lowest BCUT2D eigenvalue weighted by atomic mass is 9.98. The zero-order valence-electron chi connectivity index (χ0n) is 16.0. The van der Waals surface area contributed by atoms with Crippen molar-refractivity contribution >= 4 is 29.9 Å². The minimum Gasteiger partial charge on any atom is -0.481 e. The molecule has 2 rings (SSSR count). The van der Waals surface area contributed by atoms with Crippen LogP contribution in [-0.4, -0.2) is 43.9 Å². The van der Waals surface area contributed by atoms with E-state index in [4.69, 9.17) is 9.47 Å². The summed E-state index contributed by atoms with van der Waals surface area (Å²) in [6.45, 7) is 5.09. The summed E-state index contributed by atoms with van der Waals surface area (Å²) in [5.74, 6) is 1.44. The molecule has 2 N–H and O–H groups in total. The molecular formula is C19H33IN4O2. The van der Waals surface area contributed by atoms with Gasteiger partial charge in [0.15, 0.2) is 5.96 Å². The van der Waals surface area contributed by atoms with Gasteiger partial charge >= 0.3 is 0 Å². The highest BCUT2D eigenvalue weighted by Crippen LogP contribution is 2.20. The van der Waals surface area contributed by atoms with Gasteiger partial charge in [-0.3, -0.25) is 0 Å². The van der Waals surface area contributed by atoms with Crippen LogP contribution in [0.2, 0.25) is 0 Å². The molecule has 0 unspecified atom stereocenters. The Morgan fingerprint density at radius 1 is 1.27 bits per heavy atom. The molecule has 7 heteroatoms. The lowest BCUT2D eigenvalue weighted by Crippen LogP contribution is -2.38. The Hall–Kier alpha value is -1.09. The smallest absolute Gasteiger partial charge is 0.218 e. The van der Waals surface area contributed by atoms with E-state index in [-0.39, 0.29) is 24.0 Å². The molecule has 0 spiro atoms. The van der Waals surface area contributed by atoms with Gasteiger partial charge in [0.2, 0.25) is 5.88 Å². The molecule has 0 atom stereocenters. The first kappa shape index (κ1) is 23.0. The third kappa shape index (κ3) is 8.53. The minimum atomic E-state index is 0. The highest BCUT2D eigenvalue weighted by atomic mass is 127. The quantitative estimate of drug-likeness (QED) is 0.247. The standard InChI is InChI=1S/C19H32N4O2.HI/c1-3-20-19(23-15-16-9-7-12-21-18(16)24-2)22-13-8-14-25-17-10-5-4-6-11-17;/h7,9,12,17H,3-6,8,10-11,13-15H2,1-2H3,(H2,20,22,23);1H. The molecule has 0 radical (unpaired) electrons. The molecule has 0 aliphatic heterocycles. The summed E-state index contributed by atoms with van der Waals surface area (Å²) in [5.41, 5.74) is 0.975. The van der Waals surface area contributed by atoms with Crippen molar-refractivity contribution in [2.45, 2.75) is 58.1 Å². The topological polar surface area (TPSA) is 67.8 Å². The molecule has 0 saturated heterocycles. The maximum absolute atomic E-state index is 5.96. The van der Waals surface area contributed by atoms with Gasteiger partial charge in [0, 0.05) is 31.5 Å². The van der Waals surface area contributed by atoms with E-state index in [0.29, 0.717) is 18.5 Å². The SMILES string of the molecule is CCNC(=NCc1cccnc1OC)NCCCOC1CCCCC1.I. The minimum absolute atomic E-state index is 0. The van der Waals surface area contributed by atoms with E-state index in [1.54, 1.807) is 13.3 Å². The third-order valence-electron chi connectivity index (χ3n) is 4.31. The van der Waals surface area contributed by atoms with Crippen LogP contribution in [-0.2, 0) is 11.3 Å². The Balaban J connectivity index is 0.00000338. The Kier molecular flexibility index (Phi) is 12.4. The summed E-state index contributed by atoms with van der Waals surface area (Å²) in [7, 11) is 1.63. The summed E-state index contributed by atoms with van der Waals surface area (Å²) >= 11 is 0. The summed E-state index contributed by atoms with van der Waals surface area (Å²) < 4.78 is 11.2. The molecular weight excluding hydrogens is 443 g/mol. The molecule has 0 aromatic carbocycles. The second kappa shape index (κ2) is 14.0. The number of ether oxygens (including phenoxy) is 2. The number of methoxy groups -OCH3 is 1. The molecule has 0 bridgehead atoms. The first-order chi connectivity index (χ1) is 12.3. The third-order valence-corrected chi connectivity index (χ3v) is 4.31. The predicted octanol–water partition coefficient (Wildman–Crippen LogP) is 3.50. The number of hydrogen-bond acceptors (Lipinski definition) is 4. The van der Waals surface area contributed by atoms with Crippen LogP contribution in [0.15, 0.2) is 23.3 Å². The van der Waals surface area contributed by atoms with Crippen LogP contribution in [0.1, 0.15) is 51.0 Å². The van der Waals surface area contributed by atoms with Gasteiger partial charge in [0.05, 0.1) is 19.8 Å². The zero-order valence-corrected chi connectivity index (χ0v) is 18.3. The van der Waals surface area contributed by atoms with Crippen LogP contribution in [0.3, 0.4) is 0 Å². The average molecular weight is 476 g/mol. The van der Waals surface area contributed by atoms with Gasteiger partial charge in [0.25, 0.3) is 0 Å². The number of hydrogen-bond donors (Lipinski definition) is 2. The molecule has 1 aliphatic carbocycles. The van der Waals surface area contributed by atoms with E-state index in [1.807, 2.05) is 12.1 Å². The largest absolute Gasteiger partial charge is 0.481 e. The maximum atomic E-state index is 5.96. The predicted molar refractivity (Wildman–Crippen MR) is 116 cm³/mol.